The van der Waals surface area contributed by atoms with Gasteiger partial charge in [0.05, 0.1) is 47.6 Å². The number of nitrogens with zero attached hydrogens (tertiary/aromatic N) is 2. The highest BCUT2D eigenvalue weighted by Gasteiger charge is 2.68. The lowest BCUT2D eigenvalue weighted by atomic mass is 9.51. The number of imide groups is 4. The van der Waals surface area contributed by atoms with Crippen molar-refractivity contribution in [2.75, 3.05) is 25.2 Å². The second-order valence-corrected chi connectivity index (χ2v) is 11.8. The number of aliphatic hydroxyl groups is 1. The van der Waals surface area contributed by atoms with Crippen LogP contribution in [0, 0.1) is 34.9 Å². The third-order valence-electron chi connectivity index (χ3n) is 9.37. The molecular weight excluding hydrogens is 583 g/mol. The highest BCUT2D eigenvalue weighted by atomic mass is 35.5. The van der Waals surface area contributed by atoms with Gasteiger partial charge in [-0.2, -0.15) is 4.90 Å². The number of fused-ring (bicyclic) bond motifs is 4. The monoisotopic (exact) mass is 610 g/mol. The van der Waals surface area contributed by atoms with E-state index < -0.39 is 70.5 Å². The normalized spacial score (nSPS) is 29.7. The van der Waals surface area contributed by atoms with Gasteiger partial charge in [-0.15, -0.1) is 0 Å². The zero-order valence-corrected chi connectivity index (χ0v) is 24.0. The molecule has 2 aromatic carbocycles. The summed E-state index contributed by atoms with van der Waals surface area (Å²) in [4.78, 5) is 69.2. The second kappa shape index (κ2) is 10.6. The Hall–Kier alpha value is -4.09. The van der Waals surface area contributed by atoms with Gasteiger partial charge in [-0.05, 0) is 61.6 Å². The molecule has 10 nitrogen and oxygen atoms in total. The van der Waals surface area contributed by atoms with Crippen LogP contribution >= 0.6 is 11.6 Å². The molecule has 2 aromatic rings. The average molecular weight is 611 g/mol. The molecule has 2 heterocycles. The number of carbonyl (C=O) groups excluding carboxylic acids is 5. The number of carbonyl (C=O) groups is 5. The van der Waals surface area contributed by atoms with Crippen molar-refractivity contribution in [2.24, 2.45) is 29.1 Å². The van der Waals surface area contributed by atoms with Crippen LogP contribution in [0.5, 0.6) is 5.75 Å². The molecule has 224 valence electrons. The molecule has 4 aliphatic rings. The Morgan fingerprint density at radius 1 is 1.07 bits per heavy atom. The number of aliphatic hydroxyl groups excluding tert-OH is 1. The molecular formula is C31H28ClFN2O8. The zero-order valence-electron chi connectivity index (χ0n) is 23.3. The van der Waals surface area contributed by atoms with Crippen molar-refractivity contribution >= 4 is 47.0 Å². The van der Waals surface area contributed by atoms with Crippen LogP contribution in [0.4, 0.5) is 14.9 Å². The number of ether oxygens (including phenoxy) is 2. The summed E-state index contributed by atoms with van der Waals surface area (Å²) in [5, 5.41) is 8.88. The maximum absolute atomic E-state index is 14.4. The average Bonchev–Trinajstić information content (AvgIpc) is 3.37. The second-order valence-electron chi connectivity index (χ2n) is 11.4. The summed E-state index contributed by atoms with van der Waals surface area (Å²) in [7, 11) is 1.09. The molecule has 2 aliphatic carbocycles. The molecule has 2 saturated heterocycles. The number of allylic oxidation sites excluding steroid dienone is 2. The lowest BCUT2D eigenvalue weighted by molar-refractivity contribution is -0.138. The summed E-state index contributed by atoms with van der Waals surface area (Å²) in [6.45, 7) is 1.64. The fourth-order valence-corrected chi connectivity index (χ4v) is 7.63. The number of benzene rings is 2. The number of methoxy groups -OCH3 is 1. The van der Waals surface area contributed by atoms with Crippen molar-refractivity contribution < 1.29 is 42.9 Å². The molecule has 0 bridgehead atoms. The first-order valence-corrected chi connectivity index (χ1v) is 14.2. The first-order valence-electron chi connectivity index (χ1n) is 13.9. The fourth-order valence-electron chi connectivity index (χ4n) is 7.46. The fraction of sp³-hybridized carbons (Fsp3) is 0.387. The summed E-state index contributed by atoms with van der Waals surface area (Å²) >= 11 is 6.02. The van der Waals surface area contributed by atoms with E-state index in [0.29, 0.717) is 16.2 Å². The van der Waals surface area contributed by atoms with Gasteiger partial charge in [0.2, 0.25) is 23.6 Å². The number of anilines is 1. The summed E-state index contributed by atoms with van der Waals surface area (Å²) in [6.07, 6.45) is 1.05. The Morgan fingerprint density at radius 2 is 1.79 bits per heavy atom. The maximum atomic E-state index is 14.4. The molecule has 0 aromatic heterocycles. The Kier molecular flexibility index (Phi) is 7.13. The molecule has 6 rings (SSSR count). The van der Waals surface area contributed by atoms with E-state index in [4.69, 9.17) is 26.2 Å². The predicted octanol–water partition coefficient (Wildman–Crippen LogP) is 3.85. The molecule has 43 heavy (non-hydrogen) atoms. The van der Waals surface area contributed by atoms with E-state index in [1.54, 1.807) is 31.2 Å². The van der Waals surface area contributed by atoms with Crippen LogP contribution in [-0.2, 0) is 23.9 Å². The van der Waals surface area contributed by atoms with Crippen molar-refractivity contribution in [1.29, 1.82) is 0 Å². The third-order valence-corrected chi connectivity index (χ3v) is 9.66. The Bertz CT molecular complexity index is 1590. The van der Waals surface area contributed by atoms with Gasteiger partial charge in [0, 0.05) is 5.92 Å². The van der Waals surface area contributed by atoms with E-state index >= 15 is 0 Å². The number of hydrogen-bond acceptors (Lipinski definition) is 8. The first-order chi connectivity index (χ1) is 20.5. The SMILES string of the molecule is COC(=O)N1C(=O)[C@H]2[C@H](CC=C3[C@H]2C[C@H]2C(=O)N(c4ccc(F)c(Cl)c4)C(=O)[C@@]2(C)[C@H]3c2ccc(OCCO)cc2)C1=O. The van der Waals surface area contributed by atoms with Crippen molar-refractivity contribution in [3.05, 3.63) is 70.5 Å². The maximum Gasteiger partial charge on any atom is 0.423 e. The smallest absolute Gasteiger partial charge is 0.423 e. The van der Waals surface area contributed by atoms with Crippen LogP contribution in [-0.4, -0.2) is 60.1 Å². The predicted molar refractivity (Wildman–Crippen MR) is 149 cm³/mol. The van der Waals surface area contributed by atoms with Gasteiger partial charge in [0.25, 0.3) is 0 Å². The Labute approximate surface area is 251 Å². The molecule has 0 unspecified atom stereocenters. The van der Waals surface area contributed by atoms with Crippen LogP contribution < -0.4 is 9.64 Å². The van der Waals surface area contributed by atoms with Gasteiger partial charge in [-0.3, -0.25) is 19.2 Å². The van der Waals surface area contributed by atoms with Crippen LogP contribution in [0.25, 0.3) is 0 Å². The van der Waals surface area contributed by atoms with Crippen molar-refractivity contribution in [2.45, 2.75) is 25.7 Å². The third kappa shape index (κ3) is 4.20. The largest absolute Gasteiger partial charge is 0.491 e. The van der Waals surface area contributed by atoms with Gasteiger partial charge in [-0.1, -0.05) is 35.4 Å². The lowest BCUT2D eigenvalue weighted by Gasteiger charge is -2.49. The van der Waals surface area contributed by atoms with E-state index in [1.165, 1.54) is 12.1 Å². The highest BCUT2D eigenvalue weighted by molar-refractivity contribution is 6.31. The summed E-state index contributed by atoms with van der Waals surface area (Å²) in [5.74, 6) is -6.49. The minimum absolute atomic E-state index is 0.0850. The van der Waals surface area contributed by atoms with Crippen LogP contribution in [0.2, 0.25) is 5.02 Å². The Balaban J connectivity index is 1.48. The van der Waals surface area contributed by atoms with E-state index in [-0.39, 0.29) is 36.8 Å². The summed E-state index contributed by atoms with van der Waals surface area (Å²) < 4.78 is 24.2. The number of halogens is 2. The minimum Gasteiger partial charge on any atom is -0.491 e. The van der Waals surface area contributed by atoms with Crippen LogP contribution in [0.1, 0.15) is 31.2 Å². The molecule has 1 saturated carbocycles. The van der Waals surface area contributed by atoms with E-state index in [2.05, 4.69) is 0 Å². The highest BCUT2D eigenvalue weighted by Crippen LogP contribution is 2.63. The van der Waals surface area contributed by atoms with E-state index in [9.17, 15) is 28.4 Å². The van der Waals surface area contributed by atoms with Crippen LogP contribution in [0.15, 0.2) is 54.1 Å². The quantitative estimate of drug-likeness (QED) is 0.399. The first kappa shape index (κ1) is 29.0. The van der Waals surface area contributed by atoms with Crippen LogP contribution in [0.3, 0.4) is 0 Å². The molecule has 12 heteroatoms. The molecule has 1 N–H and O–H groups in total. The summed E-state index contributed by atoms with van der Waals surface area (Å²) in [6, 6.07) is 10.6. The van der Waals surface area contributed by atoms with Crippen molar-refractivity contribution in [1.82, 2.24) is 4.90 Å². The van der Waals surface area contributed by atoms with Crippen molar-refractivity contribution in [3.8, 4) is 5.75 Å². The standard InChI is InChI=1S/C31H28ClFN2O8/c1-31-21(27(38)34(29(31)40)16-5-10-23(33)22(32)13-16)14-20-18(25(31)15-3-6-17(7-4-15)43-12-11-36)8-9-19-24(20)28(39)35(26(19)37)30(41)42-2/h3-8,10,13,19-21,24-25,36H,9,11-12,14H2,1-2H3/t19-,20+,21-,24-,25-,31+/m0/s1. The van der Waals surface area contributed by atoms with Gasteiger partial charge in [0.15, 0.2) is 0 Å². The molecule has 0 radical (unpaired) electrons. The van der Waals surface area contributed by atoms with Gasteiger partial charge in [-0.25, -0.2) is 14.1 Å². The zero-order chi connectivity index (χ0) is 30.8. The lowest BCUT2D eigenvalue weighted by Crippen LogP contribution is -2.49. The number of likely N-dealkylation sites (tertiary alicyclic amines) is 1. The summed E-state index contributed by atoms with van der Waals surface area (Å²) in [5.41, 5.74) is 0.230. The number of rotatable bonds is 5. The Morgan fingerprint density at radius 3 is 2.44 bits per heavy atom. The molecule has 6 atom stereocenters. The van der Waals surface area contributed by atoms with E-state index in [1.807, 2.05) is 6.08 Å². The molecule has 3 fully saturated rings. The van der Waals surface area contributed by atoms with Gasteiger partial charge in [0.1, 0.15) is 18.2 Å². The molecule has 5 amide bonds. The molecule has 0 spiro atoms. The van der Waals surface area contributed by atoms with Crippen molar-refractivity contribution in [3.63, 3.8) is 0 Å². The molecule has 2 aliphatic heterocycles. The van der Waals surface area contributed by atoms with E-state index in [0.717, 1.165) is 23.6 Å². The minimum atomic E-state index is -1.31. The van der Waals surface area contributed by atoms with Gasteiger partial charge < -0.3 is 14.6 Å². The topological polar surface area (TPSA) is 131 Å². The van der Waals surface area contributed by atoms with Gasteiger partial charge >= 0.3 is 6.09 Å². The number of amides is 5. The number of hydrogen-bond donors (Lipinski definition) is 1.